The van der Waals surface area contributed by atoms with Gasteiger partial charge in [-0.15, -0.1) is 0 Å². The van der Waals surface area contributed by atoms with Gasteiger partial charge in [-0.25, -0.2) is 0 Å². The van der Waals surface area contributed by atoms with Crippen LogP contribution in [0.1, 0.15) is 72.6 Å². The van der Waals surface area contributed by atoms with Crippen LogP contribution in [0.5, 0.6) is 0 Å². The molecule has 1 saturated carbocycles. The summed E-state index contributed by atoms with van der Waals surface area (Å²) in [6.45, 7) is 11.8. The summed E-state index contributed by atoms with van der Waals surface area (Å²) in [5.74, 6) is 1.64. The monoisotopic (exact) mass is 239 g/mol. The fourth-order valence-electron chi connectivity index (χ4n) is 3.04. The molecule has 0 aromatic rings. The lowest BCUT2D eigenvalue weighted by molar-refractivity contribution is 0.154. The predicted octanol–water partition coefficient (Wildman–Crippen LogP) is 4.62. The van der Waals surface area contributed by atoms with E-state index in [9.17, 15) is 0 Å². The Morgan fingerprint density at radius 1 is 0.941 bits per heavy atom. The van der Waals surface area contributed by atoms with Gasteiger partial charge in [0, 0.05) is 6.54 Å². The van der Waals surface area contributed by atoms with Gasteiger partial charge in [0.2, 0.25) is 0 Å². The van der Waals surface area contributed by atoms with Gasteiger partial charge < -0.3 is 5.32 Å². The molecule has 1 nitrogen and oxygen atoms in total. The maximum atomic E-state index is 3.72. The van der Waals surface area contributed by atoms with Gasteiger partial charge in [0.1, 0.15) is 0 Å². The molecule has 0 spiro atoms. The Labute approximate surface area is 109 Å². The maximum Gasteiger partial charge on any atom is 0.000792 e. The summed E-state index contributed by atoms with van der Waals surface area (Å²) >= 11 is 0. The Bertz CT molecular complexity index is 190. The highest BCUT2D eigenvalue weighted by molar-refractivity contribution is 4.85. The van der Waals surface area contributed by atoms with Gasteiger partial charge in [0.25, 0.3) is 0 Å². The van der Waals surface area contributed by atoms with Gasteiger partial charge in [-0.3, -0.25) is 0 Å². The molecule has 0 atom stereocenters. The summed E-state index contributed by atoms with van der Waals surface area (Å²) in [5.41, 5.74) is 0.636. The summed E-state index contributed by atoms with van der Waals surface area (Å²) in [6, 6.07) is 0. The molecule has 1 N–H and O–H groups in total. The normalized spacial score (nSPS) is 20.1. The first-order chi connectivity index (χ1) is 8.04. The Balaban J connectivity index is 2.40. The van der Waals surface area contributed by atoms with Crippen LogP contribution in [0, 0.1) is 17.3 Å². The van der Waals surface area contributed by atoms with Crippen LogP contribution in [0.25, 0.3) is 0 Å². The summed E-state index contributed by atoms with van der Waals surface area (Å²) in [5, 5.41) is 3.72. The van der Waals surface area contributed by atoms with E-state index >= 15 is 0 Å². The van der Waals surface area contributed by atoms with Crippen molar-refractivity contribution < 1.29 is 0 Å². The van der Waals surface area contributed by atoms with Crippen molar-refractivity contribution in [2.45, 2.75) is 72.6 Å². The SMILES string of the molecule is CC(C)CCC1(CNCC(C)C)CCCCC1. The van der Waals surface area contributed by atoms with Crippen molar-refractivity contribution in [2.24, 2.45) is 17.3 Å². The molecule has 1 fully saturated rings. The lowest BCUT2D eigenvalue weighted by atomic mass is 9.70. The summed E-state index contributed by atoms with van der Waals surface area (Å²) in [4.78, 5) is 0. The molecule has 0 amide bonds. The lowest BCUT2D eigenvalue weighted by Gasteiger charge is -2.38. The van der Waals surface area contributed by atoms with Crippen LogP contribution in [0.3, 0.4) is 0 Å². The van der Waals surface area contributed by atoms with E-state index in [1.165, 1.54) is 58.0 Å². The average Bonchev–Trinajstić information content (AvgIpc) is 2.27. The molecule has 1 aliphatic rings. The van der Waals surface area contributed by atoms with E-state index in [0.29, 0.717) is 5.41 Å². The highest BCUT2D eigenvalue weighted by Gasteiger charge is 2.31. The molecule has 0 aromatic heterocycles. The van der Waals surface area contributed by atoms with Crippen molar-refractivity contribution >= 4 is 0 Å². The van der Waals surface area contributed by atoms with Gasteiger partial charge in [-0.1, -0.05) is 53.4 Å². The smallest absolute Gasteiger partial charge is 0.000792 e. The molecule has 0 aliphatic heterocycles. The van der Waals surface area contributed by atoms with E-state index in [1.807, 2.05) is 0 Å². The summed E-state index contributed by atoms with van der Waals surface area (Å²) < 4.78 is 0. The van der Waals surface area contributed by atoms with Gasteiger partial charge in [-0.2, -0.15) is 0 Å². The number of hydrogen-bond donors (Lipinski definition) is 1. The minimum Gasteiger partial charge on any atom is -0.316 e. The molecule has 1 aliphatic carbocycles. The van der Waals surface area contributed by atoms with Crippen LogP contribution in [-0.2, 0) is 0 Å². The van der Waals surface area contributed by atoms with Gasteiger partial charge >= 0.3 is 0 Å². The molecule has 0 bridgehead atoms. The third-order valence-electron chi connectivity index (χ3n) is 4.22. The largest absolute Gasteiger partial charge is 0.316 e. The van der Waals surface area contributed by atoms with Gasteiger partial charge in [-0.05, 0) is 43.1 Å². The molecule has 0 radical (unpaired) electrons. The van der Waals surface area contributed by atoms with E-state index in [2.05, 4.69) is 33.0 Å². The minimum atomic E-state index is 0.636. The van der Waals surface area contributed by atoms with E-state index in [1.54, 1.807) is 0 Å². The minimum absolute atomic E-state index is 0.636. The first-order valence-corrected chi connectivity index (χ1v) is 7.75. The number of hydrogen-bond acceptors (Lipinski definition) is 1. The zero-order valence-corrected chi connectivity index (χ0v) is 12.5. The zero-order chi connectivity index (χ0) is 12.7. The third kappa shape index (κ3) is 5.90. The van der Waals surface area contributed by atoms with E-state index in [4.69, 9.17) is 0 Å². The third-order valence-corrected chi connectivity index (χ3v) is 4.22. The summed E-state index contributed by atoms with van der Waals surface area (Å²) in [6.07, 6.45) is 10.2. The molecule has 0 saturated heterocycles. The molecule has 0 unspecified atom stereocenters. The molecule has 0 aromatic carbocycles. The average molecular weight is 239 g/mol. The highest BCUT2D eigenvalue weighted by Crippen LogP contribution is 2.40. The van der Waals surface area contributed by atoms with E-state index in [-0.39, 0.29) is 0 Å². The fourth-order valence-corrected chi connectivity index (χ4v) is 3.04. The van der Waals surface area contributed by atoms with Crippen molar-refractivity contribution in [1.29, 1.82) is 0 Å². The number of nitrogens with one attached hydrogen (secondary N) is 1. The van der Waals surface area contributed by atoms with Crippen LogP contribution in [0.4, 0.5) is 0 Å². The molecular weight excluding hydrogens is 206 g/mol. The Kier molecular flexibility index (Phi) is 6.54. The Morgan fingerprint density at radius 2 is 1.59 bits per heavy atom. The fraction of sp³-hybridized carbons (Fsp3) is 1.00. The van der Waals surface area contributed by atoms with Crippen LogP contribution in [-0.4, -0.2) is 13.1 Å². The van der Waals surface area contributed by atoms with Gasteiger partial charge in [0.05, 0.1) is 0 Å². The maximum absolute atomic E-state index is 3.72. The molecule has 1 rings (SSSR count). The van der Waals surface area contributed by atoms with Gasteiger partial charge in [0.15, 0.2) is 0 Å². The van der Waals surface area contributed by atoms with Crippen molar-refractivity contribution in [1.82, 2.24) is 5.32 Å². The molecular formula is C16H33N. The highest BCUT2D eigenvalue weighted by atomic mass is 14.9. The van der Waals surface area contributed by atoms with Crippen LogP contribution < -0.4 is 5.32 Å². The lowest BCUT2D eigenvalue weighted by Crippen LogP contribution is -2.37. The quantitative estimate of drug-likeness (QED) is 0.683. The van der Waals surface area contributed by atoms with Crippen molar-refractivity contribution in [3.05, 3.63) is 0 Å². The van der Waals surface area contributed by atoms with E-state index in [0.717, 1.165) is 11.8 Å². The predicted molar refractivity (Wildman–Crippen MR) is 77.3 cm³/mol. The molecule has 0 heterocycles. The first-order valence-electron chi connectivity index (χ1n) is 7.75. The van der Waals surface area contributed by atoms with Crippen molar-refractivity contribution in [3.8, 4) is 0 Å². The van der Waals surface area contributed by atoms with E-state index < -0.39 is 0 Å². The second-order valence-electron chi connectivity index (χ2n) is 7.02. The second-order valence-corrected chi connectivity index (χ2v) is 7.02. The van der Waals surface area contributed by atoms with Crippen LogP contribution >= 0.6 is 0 Å². The van der Waals surface area contributed by atoms with Crippen molar-refractivity contribution in [2.75, 3.05) is 13.1 Å². The Hall–Kier alpha value is -0.0400. The zero-order valence-electron chi connectivity index (χ0n) is 12.5. The van der Waals surface area contributed by atoms with Crippen LogP contribution in [0.15, 0.2) is 0 Å². The molecule has 17 heavy (non-hydrogen) atoms. The molecule has 1 heteroatoms. The topological polar surface area (TPSA) is 12.0 Å². The standard InChI is InChI=1S/C16H33N/c1-14(2)8-11-16(9-6-5-7-10-16)13-17-12-15(3)4/h14-15,17H,5-13H2,1-4H3. The summed E-state index contributed by atoms with van der Waals surface area (Å²) in [7, 11) is 0. The Morgan fingerprint density at radius 3 is 2.12 bits per heavy atom. The molecule has 102 valence electrons. The first kappa shape index (κ1) is 15.0. The number of rotatable bonds is 7. The van der Waals surface area contributed by atoms with Crippen LogP contribution in [0.2, 0.25) is 0 Å². The second kappa shape index (κ2) is 7.41. The van der Waals surface area contributed by atoms with Crippen molar-refractivity contribution in [3.63, 3.8) is 0 Å².